The van der Waals surface area contributed by atoms with Crippen molar-refractivity contribution < 1.29 is 0 Å². The van der Waals surface area contributed by atoms with Crippen LogP contribution >= 0.6 is 11.3 Å². The molecule has 0 aliphatic rings. The van der Waals surface area contributed by atoms with Gasteiger partial charge >= 0.3 is 0 Å². The second-order valence-electron chi connectivity index (χ2n) is 5.35. The molecular weight excluding hydrogens is 268 g/mol. The quantitative estimate of drug-likeness (QED) is 0.831. The minimum Gasteiger partial charge on any atom is -0.309 e. The second-order valence-corrected chi connectivity index (χ2v) is 6.76. The normalized spacial score (nSPS) is 12.8. The van der Waals surface area contributed by atoms with Crippen LogP contribution < -0.4 is 5.32 Å². The zero-order valence-corrected chi connectivity index (χ0v) is 13.8. The van der Waals surface area contributed by atoms with E-state index in [9.17, 15) is 0 Å². The summed E-state index contributed by atoms with van der Waals surface area (Å²) >= 11 is 1.77. The molecule has 0 aromatic carbocycles. The van der Waals surface area contributed by atoms with Crippen LogP contribution in [0.15, 0.2) is 6.07 Å². The molecule has 5 heteroatoms. The first-order chi connectivity index (χ1) is 9.47. The van der Waals surface area contributed by atoms with Crippen LogP contribution in [0.2, 0.25) is 0 Å². The SMILES string of the molecule is Cc1cc(C)n(CCCNC(C)c2nc(C)sc2C)n1. The van der Waals surface area contributed by atoms with E-state index in [0.717, 1.165) is 30.2 Å². The number of hydrogen-bond donors (Lipinski definition) is 1. The summed E-state index contributed by atoms with van der Waals surface area (Å²) in [5, 5.41) is 9.18. The van der Waals surface area contributed by atoms with E-state index in [-0.39, 0.29) is 0 Å². The summed E-state index contributed by atoms with van der Waals surface area (Å²) in [5.41, 5.74) is 3.53. The number of nitrogens with one attached hydrogen (secondary N) is 1. The predicted molar refractivity (Wildman–Crippen MR) is 84.3 cm³/mol. The molecule has 20 heavy (non-hydrogen) atoms. The fraction of sp³-hybridized carbons (Fsp3) is 0.600. The van der Waals surface area contributed by atoms with Crippen molar-refractivity contribution in [2.24, 2.45) is 0 Å². The molecule has 110 valence electrons. The first kappa shape index (κ1) is 15.2. The summed E-state index contributed by atoms with van der Waals surface area (Å²) in [4.78, 5) is 5.92. The van der Waals surface area contributed by atoms with Gasteiger partial charge in [0.25, 0.3) is 0 Å². The van der Waals surface area contributed by atoms with E-state index in [1.807, 2.05) is 6.92 Å². The summed E-state index contributed by atoms with van der Waals surface area (Å²) in [5.74, 6) is 0. The third-order valence-electron chi connectivity index (χ3n) is 3.45. The molecule has 2 heterocycles. The molecule has 0 fully saturated rings. The minimum absolute atomic E-state index is 0.320. The van der Waals surface area contributed by atoms with E-state index < -0.39 is 0 Å². The second kappa shape index (κ2) is 6.50. The van der Waals surface area contributed by atoms with Crippen LogP contribution in [0.4, 0.5) is 0 Å². The van der Waals surface area contributed by atoms with Gasteiger partial charge in [-0.2, -0.15) is 5.10 Å². The van der Waals surface area contributed by atoms with Gasteiger partial charge in [0.2, 0.25) is 0 Å². The Morgan fingerprint density at radius 3 is 2.60 bits per heavy atom. The fourth-order valence-corrected chi connectivity index (χ4v) is 3.41. The summed E-state index contributed by atoms with van der Waals surface area (Å²) in [6, 6.07) is 2.44. The Bertz CT molecular complexity index is 570. The predicted octanol–water partition coefficient (Wildman–Crippen LogP) is 3.31. The van der Waals surface area contributed by atoms with E-state index in [4.69, 9.17) is 0 Å². The molecule has 1 atom stereocenters. The Labute approximate surface area is 125 Å². The van der Waals surface area contributed by atoms with E-state index >= 15 is 0 Å². The van der Waals surface area contributed by atoms with Crippen molar-refractivity contribution in [3.63, 3.8) is 0 Å². The third-order valence-corrected chi connectivity index (χ3v) is 4.35. The van der Waals surface area contributed by atoms with E-state index in [0.29, 0.717) is 6.04 Å². The lowest BCUT2D eigenvalue weighted by Gasteiger charge is -2.13. The maximum atomic E-state index is 4.60. The molecule has 0 bridgehead atoms. The van der Waals surface area contributed by atoms with Crippen molar-refractivity contribution in [1.82, 2.24) is 20.1 Å². The van der Waals surface area contributed by atoms with Crippen molar-refractivity contribution in [1.29, 1.82) is 0 Å². The number of thiazole rings is 1. The lowest BCUT2D eigenvalue weighted by atomic mass is 10.2. The zero-order chi connectivity index (χ0) is 14.7. The highest BCUT2D eigenvalue weighted by Gasteiger charge is 2.12. The average Bonchev–Trinajstić information content (AvgIpc) is 2.87. The molecule has 1 N–H and O–H groups in total. The number of nitrogens with zero attached hydrogens (tertiary/aromatic N) is 3. The standard InChI is InChI=1S/C15H24N4S/c1-10-9-11(2)19(18-10)8-6-7-16-12(3)15-13(4)20-14(5)17-15/h9,12,16H,6-8H2,1-5H3. The van der Waals surface area contributed by atoms with Crippen LogP contribution in [0, 0.1) is 27.7 Å². The number of aromatic nitrogens is 3. The number of aryl methyl sites for hydroxylation is 5. The van der Waals surface area contributed by atoms with Gasteiger partial charge in [-0.1, -0.05) is 0 Å². The van der Waals surface area contributed by atoms with Gasteiger partial charge in [-0.3, -0.25) is 4.68 Å². The van der Waals surface area contributed by atoms with Crippen molar-refractivity contribution in [3.8, 4) is 0 Å². The molecule has 0 amide bonds. The molecule has 0 aliphatic carbocycles. The van der Waals surface area contributed by atoms with Gasteiger partial charge in [-0.15, -0.1) is 11.3 Å². The zero-order valence-electron chi connectivity index (χ0n) is 13.0. The maximum Gasteiger partial charge on any atom is 0.0900 e. The summed E-state index contributed by atoms with van der Waals surface area (Å²) in [6.45, 7) is 12.5. The Kier molecular flexibility index (Phi) is 4.94. The first-order valence-electron chi connectivity index (χ1n) is 7.15. The number of hydrogen-bond acceptors (Lipinski definition) is 4. The minimum atomic E-state index is 0.320. The Morgan fingerprint density at radius 2 is 2.05 bits per heavy atom. The van der Waals surface area contributed by atoms with Crippen molar-refractivity contribution in [3.05, 3.63) is 33.0 Å². The van der Waals surface area contributed by atoms with E-state index in [2.05, 4.69) is 53.8 Å². The topological polar surface area (TPSA) is 42.7 Å². The highest BCUT2D eigenvalue weighted by molar-refractivity contribution is 7.11. The smallest absolute Gasteiger partial charge is 0.0900 e. The van der Waals surface area contributed by atoms with Crippen LogP contribution in [-0.4, -0.2) is 21.3 Å². The average molecular weight is 292 g/mol. The Hall–Kier alpha value is -1.20. The molecular formula is C15H24N4S. The van der Waals surface area contributed by atoms with Gasteiger partial charge in [0.15, 0.2) is 0 Å². The molecule has 0 aliphatic heterocycles. The molecule has 0 radical (unpaired) electrons. The van der Waals surface area contributed by atoms with Crippen LogP contribution in [-0.2, 0) is 6.54 Å². The van der Waals surface area contributed by atoms with Gasteiger partial charge in [0, 0.05) is 23.2 Å². The molecule has 1 unspecified atom stereocenters. The highest BCUT2D eigenvalue weighted by Crippen LogP contribution is 2.22. The third kappa shape index (κ3) is 3.67. The highest BCUT2D eigenvalue weighted by atomic mass is 32.1. The van der Waals surface area contributed by atoms with Crippen LogP contribution in [0.5, 0.6) is 0 Å². The maximum absolute atomic E-state index is 4.60. The number of rotatable bonds is 6. The molecule has 0 saturated heterocycles. The lowest BCUT2D eigenvalue weighted by molar-refractivity contribution is 0.495. The molecule has 4 nitrogen and oxygen atoms in total. The van der Waals surface area contributed by atoms with Crippen LogP contribution in [0.3, 0.4) is 0 Å². The lowest BCUT2D eigenvalue weighted by Crippen LogP contribution is -2.22. The Morgan fingerprint density at radius 1 is 1.30 bits per heavy atom. The summed E-state index contributed by atoms with van der Waals surface area (Å²) in [6.07, 6.45) is 1.08. The van der Waals surface area contributed by atoms with Crippen molar-refractivity contribution in [2.75, 3.05) is 6.54 Å². The van der Waals surface area contributed by atoms with Gasteiger partial charge in [-0.25, -0.2) is 4.98 Å². The van der Waals surface area contributed by atoms with E-state index in [1.54, 1.807) is 11.3 Å². The van der Waals surface area contributed by atoms with Crippen LogP contribution in [0.1, 0.15) is 46.4 Å². The monoisotopic (exact) mass is 292 g/mol. The summed E-state index contributed by atoms with van der Waals surface area (Å²) in [7, 11) is 0. The van der Waals surface area contributed by atoms with Crippen molar-refractivity contribution >= 4 is 11.3 Å². The van der Waals surface area contributed by atoms with Crippen LogP contribution in [0.25, 0.3) is 0 Å². The van der Waals surface area contributed by atoms with Gasteiger partial charge in [0.1, 0.15) is 0 Å². The molecule has 2 rings (SSSR count). The van der Waals surface area contributed by atoms with Crippen molar-refractivity contribution in [2.45, 2.75) is 53.6 Å². The fourth-order valence-electron chi connectivity index (χ4n) is 2.49. The largest absolute Gasteiger partial charge is 0.309 e. The van der Waals surface area contributed by atoms with E-state index in [1.165, 1.54) is 16.3 Å². The first-order valence-corrected chi connectivity index (χ1v) is 7.97. The van der Waals surface area contributed by atoms with Gasteiger partial charge < -0.3 is 5.32 Å². The summed E-state index contributed by atoms with van der Waals surface area (Å²) < 4.78 is 2.08. The van der Waals surface area contributed by atoms with Gasteiger partial charge in [0.05, 0.1) is 16.4 Å². The molecule has 0 saturated carbocycles. The molecule has 0 spiro atoms. The molecule has 2 aromatic rings. The molecule has 2 aromatic heterocycles. The van der Waals surface area contributed by atoms with Gasteiger partial charge in [-0.05, 0) is 53.7 Å². The Balaban J connectivity index is 1.78.